The smallest absolute Gasteiger partial charge is 0.310 e. The summed E-state index contributed by atoms with van der Waals surface area (Å²) in [6, 6.07) is 0. The van der Waals surface area contributed by atoms with E-state index in [2.05, 4.69) is 25.7 Å². The molecule has 2 saturated carbocycles. The molecule has 5 unspecified atom stereocenters. The third-order valence-corrected chi connectivity index (χ3v) is 7.80. The van der Waals surface area contributed by atoms with E-state index in [1.807, 2.05) is 6.92 Å². The number of aliphatic hydroxyl groups is 1. The molecule has 0 radical (unpaired) electrons. The van der Waals surface area contributed by atoms with Gasteiger partial charge in [0.05, 0.1) is 31.3 Å². The molecule has 0 spiro atoms. The fourth-order valence-electron chi connectivity index (χ4n) is 5.63. The molecule has 0 aromatic carbocycles. The summed E-state index contributed by atoms with van der Waals surface area (Å²) in [5.74, 6) is 0.601. The number of hydrogen-bond acceptors (Lipinski definition) is 5. The summed E-state index contributed by atoms with van der Waals surface area (Å²) in [5.41, 5.74) is 0.569. The zero-order chi connectivity index (χ0) is 18.9. The number of carbonyl (C=O) groups is 1. The number of nitrogens with zero attached hydrogens (tertiary/aromatic N) is 1. The van der Waals surface area contributed by atoms with Gasteiger partial charge in [-0.05, 0) is 62.3 Å². The molecule has 0 aromatic heterocycles. The van der Waals surface area contributed by atoms with Crippen molar-refractivity contribution in [3.8, 4) is 0 Å². The summed E-state index contributed by atoms with van der Waals surface area (Å²) in [6.07, 6.45) is 5.31. The molecule has 26 heavy (non-hydrogen) atoms. The van der Waals surface area contributed by atoms with E-state index in [0.717, 1.165) is 31.7 Å². The Bertz CT molecular complexity index is 508. The fraction of sp³-hybridized carbons (Fsp3) is 0.952. The van der Waals surface area contributed by atoms with Crippen LogP contribution in [0.1, 0.15) is 59.8 Å². The number of aliphatic hydroxyl groups excluding tert-OH is 1. The molecule has 1 heterocycles. The average Bonchev–Trinajstić information content (AvgIpc) is 2.93. The Kier molecular flexibility index (Phi) is 6.00. The molecule has 1 N–H and O–H groups in total. The average molecular weight is 368 g/mol. The number of β-amino-alcohol motifs (C(OH)–C–C–N with tert-alkyl or cyclic N) is 1. The maximum Gasteiger partial charge on any atom is 0.310 e. The van der Waals surface area contributed by atoms with Crippen molar-refractivity contribution in [2.24, 2.45) is 22.7 Å². The molecule has 5 atom stereocenters. The van der Waals surface area contributed by atoms with Crippen molar-refractivity contribution < 1.29 is 19.4 Å². The number of piperidine rings is 1. The highest BCUT2D eigenvalue weighted by Crippen LogP contribution is 2.66. The van der Waals surface area contributed by atoms with Gasteiger partial charge in [-0.15, -0.1) is 0 Å². The van der Waals surface area contributed by atoms with Crippen molar-refractivity contribution in [1.29, 1.82) is 0 Å². The van der Waals surface area contributed by atoms with E-state index in [1.54, 1.807) is 0 Å². The van der Waals surface area contributed by atoms with Crippen molar-refractivity contribution >= 4 is 5.97 Å². The van der Waals surface area contributed by atoms with Crippen LogP contribution in [-0.4, -0.2) is 61.0 Å². The minimum absolute atomic E-state index is 0.0536. The Morgan fingerprint density at radius 2 is 2.08 bits per heavy atom. The van der Waals surface area contributed by atoms with Gasteiger partial charge in [0.15, 0.2) is 0 Å². The lowest BCUT2D eigenvalue weighted by atomic mass is 9.70. The quantitative estimate of drug-likeness (QED) is 0.701. The third-order valence-electron chi connectivity index (χ3n) is 7.80. The zero-order valence-electron chi connectivity index (χ0n) is 17.0. The third kappa shape index (κ3) is 3.67. The second-order valence-electron chi connectivity index (χ2n) is 9.44. The van der Waals surface area contributed by atoms with Gasteiger partial charge in [-0.25, -0.2) is 0 Å². The first-order valence-corrected chi connectivity index (χ1v) is 10.5. The summed E-state index contributed by atoms with van der Waals surface area (Å²) in [6.45, 7) is 12.0. The van der Waals surface area contributed by atoms with Crippen molar-refractivity contribution in [1.82, 2.24) is 4.90 Å². The van der Waals surface area contributed by atoms with Crippen LogP contribution in [-0.2, 0) is 14.3 Å². The monoisotopic (exact) mass is 367 g/mol. The molecule has 3 aliphatic rings. The lowest BCUT2D eigenvalue weighted by Crippen LogP contribution is -2.45. The van der Waals surface area contributed by atoms with Gasteiger partial charge in [0.2, 0.25) is 0 Å². The topological polar surface area (TPSA) is 59.0 Å². The Morgan fingerprint density at radius 1 is 1.31 bits per heavy atom. The van der Waals surface area contributed by atoms with E-state index < -0.39 is 6.10 Å². The summed E-state index contributed by atoms with van der Waals surface area (Å²) in [7, 11) is 0. The standard InChI is InChI=1S/C21H37NO4/c1-5-25-19(24)15-7-6-10-22(12-15)13-17(23)14-26-18-11-16-8-9-21(18,4)20(16,2)3/h15-18,23H,5-14H2,1-4H3. The zero-order valence-corrected chi connectivity index (χ0v) is 17.0. The van der Waals surface area contributed by atoms with Crippen LogP contribution >= 0.6 is 0 Å². The molecule has 2 aliphatic carbocycles. The van der Waals surface area contributed by atoms with Crippen LogP contribution in [0.3, 0.4) is 0 Å². The molecule has 0 aromatic rings. The van der Waals surface area contributed by atoms with Gasteiger partial charge in [0.1, 0.15) is 0 Å². The van der Waals surface area contributed by atoms with E-state index in [9.17, 15) is 9.90 Å². The maximum absolute atomic E-state index is 12.0. The molecule has 3 fully saturated rings. The van der Waals surface area contributed by atoms with Crippen LogP contribution in [0.2, 0.25) is 0 Å². The molecular weight excluding hydrogens is 330 g/mol. The van der Waals surface area contributed by atoms with E-state index in [4.69, 9.17) is 9.47 Å². The van der Waals surface area contributed by atoms with E-state index >= 15 is 0 Å². The molecule has 3 rings (SSSR count). The van der Waals surface area contributed by atoms with Crippen LogP contribution in [0.5, 0.6) is 0 Å². The van der Waals surface area contributed by atoms with Gasteiger partial charge < -0.3 is 14.6 Å². The molecule has 2 bridgehead atoms. The number of hydrogen-bond donors (Lipinski definition) is 1. The molecular formula is C21H37NO4. The predicted octanol–water partition coefficient (Wildman–Crippen LogP) is 2.85. The summed E-state index contributed by atoms with van der Waals surface area (Å²) < 4.78 is 11.4. The fourth-order valence-corrected chi connectivity index (χ4v) is 5.63. The minimum Gasteiger partial charge on any atom is -0.466 e. The lowest BCUT2D eigenvalue weighted by Gasteiger charge is -2.39. The van der Waals surface area contributed by atoms with Gasteiger partial charge in [-0.1, -0.05) is 20.8 Å². The highest BCUT2D eigenvalue weighted by Gasteiger charge is 2.61. The van der Waals surface area contributed by atoms with Gasteiger partial charge in [-0.3, -0.25) is 9.69 Å². The molecule has 0 amide bonds. The summed E-state index contributed by atoms with van der Waals surface area (Å²) in [4.78, 5) is 14.1. The number of esters is 1. The number of rotatable bonds is 7. The van der Waals surface area contributed by atoms with Gasteiger partial charge in [-0.2, -0.15) is 0 Å². The molecule has 1 aliphatic heterocycles. The first-order valence-electron chi connectivity index (χ1n) is 10.5. The van der Waals surface area contributed by atoms with Crippen molar-refractivity contribution in [2.75, 3.05) is 32.8 Å². The number of fused-ring (bicyclic) bond motifs is 2. The lowest BCUT2D eigenvalue weighted by molar-refractivity contribution is -0.150. The van der Waals surface area contributed by atoms with Crippen LogP contribution < -0.4 is 0 Å². The summed E-state index contributed by atoms with van der Waals surface area (Å²) in [5, 5.41) is 10.5. The van der Waals surface area contributed by atoms with Crippen LogP contribution in [0, 0.1) is 22.7 Å². The second kappa shape index (κ2) is 7.76. The SMILES string of the molecule is CCOC(=O)C1CCCN(CC(O)COC2CC3CCC2(C)C3(C)C)C1. The Balaban J connectivity index is 1.45. The largest absolute Gasteiger partial charge is 0.466 e. The Hall–Kier alpha value is -0.650. The van der Waals surface area contributed by atoms with Crippen molar-refractivity contribution in [2.45, 2.75) is 72.0 Å². The number of carbonyl (C=O) groups excluding carboxylic acids is 1. The van der Waals surface area contributed by atoms with Crippen LogP contribution in [0.25, 0.3) is 0 Å². The van der Waals surface area contributed by atoms with E-state index in [-0.39, 0.29) is 23.4 Å². The van der Waals surface area contributed by atoms with E-state index in [0.29, 0.717) is 31.7 Å². The van der Waals surface area contributed by atoms with Gasteiger partial charge in [0.25, 0.3) is 0 Å². The van der Waals surface area contributed by atoms with Crippen molar-refractivity contribution in [3.63, 3.8) is 0 Å². The van der Waals surface area contributed by atoms with Gasteiger partial charge in [0, 0.05) is 13.1 Å². The second-order valence-corrected chi connectivity index (χ2v) is 9.44. The summed E-state index contributed by atoms with van der Waals surface area (Å²) >= 11 is 0. The first kappa shape index (κ1) is 20.1. The Morgan fingerprint density at radius 3 is 2.69 bits per heavy atom. The minimum atomic E-state index is -0.498. The number of ether oxygens (including phenoxy) is 2. The van der Waals surface area contributed by atoms with Crippen LogP contribution in [0.15, 0.2) is 0 Å². The maximum atomic E-state index is 12.0. The van der Waals surface area contributed by atoms with Crippen LogP contribution in [0.4, 0.5) is 0 Å². The van der Waals surface area contributed by atoms with Crippen molar-refractivity contribution in [3.05, 3.63) is 0 Å². The van der Waals surface area contributed by atoms with Gasteiger partial charge >= 0.3 is 5.97 Å². The normalized spacial score (nSPS) is 37.7. The highest BCUT2D eigenvalue weighted by atomic mass is 16.5. The highest BCUT2D eigenvalue weighted by molar-refractivity contribution is 5.72. The molecule has 5 nitrogen and oxygen atoms in total. The number of likely N-dealkylation sites (tertiary alicyclic amines) is 1. The first-order chi connectivity index (χ1) is 12.3. The predicted molar refractivity (Wildman–Crippen MR) is 101 cm³/mol. The van der Waals surface area contributed by atoms with E-state index in [1.165, 1.54) is 12.8 Å². The molecule has 150 valence electrons. The molecule has 5 heteroatoms. The Labute approximate surface area is 158 Å². The molecule has 1 saturated heterocycles.